The van der Waals surface area contributed by atoms with E-state index in [1.54, 1.807) is 18.9 Å². The standard InChI is InChI=1S/C15H13.3C4H9.Sn/c1-3-13-6-10-15(11-7-13)14-8-4-12(2)5-9-14;3*1-3-4-2;/h3-11H,1-2H2;3*1,3-4H2,2H3;. The average molecular weight is 483 g/mol. The zero-order valence-corrected chi connectivity index (χ0v) is 21.3. The third-order valence-electron chi connectivity index (χ3n) is 6.19. The van der Waals surface area contributed by atoms with E-state index in [0.717, 1.165) is 0 Å². The molecule has 0 aliphatic carbocycles. The molecule has 0 aliphatic rings. The Kier molecular flexibility index (Phi) is 10.4. The van der Waals surface area contributed by atoms with Gasteiger partial charge in [-0.25, -0.2) is 0 Å². The zero-order chi connectivity index (χ0) is 20.2. The summed E-state index contributed by atoms with van der Waals surface area (Å²) in [7, 11) is 0. The van der Waals surface area contributed by atoms with E-state index >= 15 is 0 Å². The van der Waals surface area contributed by atoms with E-state index in [4.69, 9.17) is 0 Å². The van der Waals surface area contributed by atoms with E-state index in [1.165, 1.54) is 59.7 Å². The summed E-state index contributed by atoms with van der Waals surface area (Å²) in [5, 5.41) is 0. The molecular weight excluding hydrogens is 443 g/mol. The molecule has 0 spiro atoms. The van der Waals surface area contributed by atoms with Crippen LogP contribution in [-0.4, -0.2) is 18.4 Å². The molecule has 0 amide bonds. The molecule has 2 rings (SSSR count). The fourth-order valence-corrected chi connectivity index (χ4v) is 20.6. The summed E-state index contributed by atoms with van der Waals surface area (Å²) in [5.74, 6) is 0. The minimum absolute atomic E-state index is 1.18. The quantitative estimate of drug-likeness (QED) is 0.250. The first-order chi connectivity index (χ1) is 13.7. The summed E-state index contributed by atoms with van der Waals surface area (Å²) in [6.07, 6.45) is 10.3. The van der Waals surface area contributed by atoms with Gasteiger partial charge in [0.25, 0.3) is 0 Å². The van der Waals surface area contributed by atoms with Gasteiger partial charge in [-0.15, -0.1) is 0 Å². The second-order valence-corrected chi connectivity index (χ2v) is 22.4. The van der Waals surface area contributed by atoms with Crippen LogP contribution in [-0.2, 0) is 4.44 Å². The molecule has 28 heavy (non-hydrogen) atoms. The second-order valence-electron chi connectivity index (χ2n) is 8.51. The number of hydrogen-bond acceptors (Lipinski definition) is 0. The summed E-state index contributed by atoms with van der Waals surface area (Å²) in [4.78, 5) is 0. The van der Waals surface area contributed by atoms with Crippen molar-refractivity contribution in [2.75, 3.05) is 0 Å². The van der Waals surface area contributed by atoms with Gasteiger partial charge in [0.15, 0.2) is 0 Å². The Morgan fingerprint density at radius 2 is 1.11 bits per heavy atom. The van der Waals surface area contributed by atoms with Crippen molar-refractivity contribution in [3.63, 3.8) is 0 Å². The van der Waals surface area contributed by atoms with Gasteiger partial charge in [0.2, 0.25) is 0 Å². The van der Waals surface area contributed by atoms with Crippen molar-refractivity contribution < 1.29 is 0 Å². The molecule has 0 atom stereocenters. The van der Waals surface area contributed by atoms with Gasteiger partial charge >= 0.3 is 179 Å². The predicted molar refractivity (Wildman–Crippen MR) is 131 cm³/mol. The molecule has 0 radical (unpaired) electrons. The van der Waals surface area contributed by atoms with E-state index in [9.17, 15) is 0 Å². The Hall–Kier alpha value is -1.02. The van der Waals surface area contributed by atoms with Gasteiger partial charge in [0.05, 0.1) is 0 Å². The van der Waals surface area contributed by atoms with Crippen LogP contribution >= 0.6 is 0 Å². The van der Waals surface area contributed by atoms with Crippen molar-refractivity contribution in [1.82, 2.24) is 0 Å². The fraction of sp³-hybridized carbons (Fsp3) is 0.481. The molecule has 2 aromatic rings. The van der Waals surface area contributed by atoms with E-state index in [1.807, 2.05) is 6.08 Å². The minimum atomic E-state index is -2.10. The number of hydrogen-bond donors (Lipinski definition) is 0. The topological polar surface area (TPSA) is 0 Å². The van der Waals surface area contributed by atoms with Gasteiger partial charge in [-0.05, 0) is 0 Å². The van der Waals surface area contributed by atoms with Crippen molar-refractivity contribution in [2.24, 2.45) is 0 Å². The van der Waals surface area contributed by atoms with Crippen LogP contribution in [0.25, 0.3) is 17.2 Å². The van der Waals surface area contributed by atoms with Crippen molar-refractivity contribution in [1.29, 1.82) is 0 Å². The molecule has 0 unspecified atom stereocenters. The van der Waals surface area contributed by atoms with E-state index < -0.39 is 18.4 Å². The normalized spacial score (nSPS) is 11.5. The van der Waals surface area contributed by atoms with Crippen LogP contribution in [0, 0.1) is 0 Å². The van der Waals surface area contributed by atoms with Crippen molar-refractivity contribution in [3.05, 3.63) is 66.2 Å². The van der Waals surface area contributed by atoms with E-state index in [2.05, 4.69) is 75.9 Å². The SMILES string of the molecule is C=Cc1ccc(-c2ccc([CH2][Sn]([CH2]CCC)([CH2]CCC)[CH2]CCC)cc2)cc1. The molecule has 0 saturated carbocycles. The molecule has 152 valence electrons. The molecule has 2 aromatic carbocycles. The van der Waals surface area contributed by atoms with Crippen LogP contribution < -0.4 is 0 Å². The monoisotopic (exact) mass is 484 g/mol. The molecule has 0 fully saturated rings. The predicted octanol–water partition coefficient (Wildman–Crippen LogP) is 8.93. The Labute approximate surface area is 178 Å². The Morgan fingerprint density at radius 1 is 0.679 bits per heavy atom. The summed E-state index contributed by atoms with van der Waals surface area (Å²) < 4.78 is 6.23. The fourth-order valence-electron chi connectivity index (χ4n) is 4.36. The van der Waals surface area contributed by atoms with Crippen LogP contribution in [0.4, 0.5) is 0 Å². The van der Waals surface area contributed by atoms with Crippen molar-refractivity contribution >= 4 is 24.5 Å². The Morgan fingerprint density at radius 3 is 1.50 bits per heavy atom. The first-order valence-electron chi connectivity index (χ1n) is 11.5. The third-order valence-corrected chi connectivity index (χ3v) is 21.6. The molecule has 0 aliphatic heterocycles. The van der Waals surface area contributed by atoms with Crippen molar-refractivity contribution in [3.8, 4) is 11.1 Å². The molecule has 0 saturated heterocycles. The van der Waals surface area contributed by atoms with Crippen LogP contribution in [0.1, 0.15) is 70.4 Å². The molecule has 0 nitrogen and oxygen atoms in total. The van der Waals surface area contributed by atoms with Crippen LogP contribution in [0.15, 0.2) is 55.1 Å². The van der Waals surface area contributed by atoms with Gasteiger partial charge in [-0.3, -0.25) is 0 Å². The number of benzene rings is 2. The molecule has 0 bridgehead atoms. The van der Waals surface area contributed by atoms with Crippen LogP contribution in [0.2, 0.25) is 13.3 Å². The summed E-state index contributed by atoms with van der Waals surface area (Å²) >= 11 is -2.10. The molecule has 0 N–H and O–H groups in total. The maximum absolute atomic E-state index is 3.85. The van der Waals surface area contributed by atoms with Crippen LogP contribution in [0.5, 0.6) is 0 Å². The summed E-state index contributed by atoms with van der Waals surface area (Å²) in [5.41, 5.74) is 5.42. The second kappa shape index (κ2) is 12.5. The maximum atomic E-state index is 3.85. The third kappa shape index (κ3) is 7.10. The first kappa shape index (κ1) is 23.3. The number of rotatable bonds is 13. The number of unbranched alkanes of at least 4 members (excludes halogenated alkanes) is 3. The summed E-state index contributed by atoms with van der Waals surface area (Å²) in [6, 6.07) is 18.2. The molecule has 0 aromatic heterocycles. The van der Waals surface area contributed by atoms with Gasteiger partial charge in [0.1, 0.15) is 0 Å². The van der Waals surface area contributed by atoms with E-state index in [-0.39, 0.29) is 0 Å². The van der Waals surface area contributed by atoms with Crippen LogP contribution in [0.3, 0.4) is 0 Å². The Balaban J connectivity index is 2.17. The van der Waals surface area contributed by atoms with Gasteiger partial charge in [0, 0.05) is 0 Å². The van der Waals surface area contributed by atoms with Crippen molar-refractivity contribution in [2.45, 2.75) is 77.0 Å². The first-order valence-corrected chi connectivity index (χ1v) is 19.6. The van der Waals surface area contributed by atoms with Gasteiger partial charge < -0.3 is 0 Å². The average Bonchev–Trinajstić information content (AvgIpc) is 2.75. The van der Waals surface area contributed by atoms with E-state index in [0.29, 0.717) is 0 Å². The zero-order valence-electron chi connectivity index (χ0n) is 18.5. The molecule has 0 heterocycles. The van der Waals surface area contributed by atoms with Gasteiger partial charge in [-0.1, -0.05) is 0 Å². The Bertz CT molecular complexity index is 659. The van der Waals surface area contributed by atoms with Gasteiger partial charge in [-0.2, -0.15) is 0 Å². The summed E-state index contributed by atoms with van der Waals surface area (Å²) in [6.45, 7) is 10.9. The molecule has 1 heteroatoms. The molecular formula is C27H40Sn.